The van der Waals surface area contributed by atoms with Gasteiger partial charge in [0, 0.05) is 6.42 Å². The lowest BCUT2D eigenvalue weighted by Gasteiger charge is -2.25. The molecule has 0 aliphatic heterocycles. The van der Waals surface area contributed by atoms with E-state index >= 15 is 0 Å². The molecule has 0 saturated carbocycles. The number of likely N-dealkylation sites (N-methyl/N-ethyl adjacent to an activating group) is 1. The van der Waals surface area contributed by atoms with Crippen LogP contribution >= 0.6 is 7.82 Å². The molecule has 3 N–H and O–H groups in total. The van der Waals surface area contributed by atoms with Crippen LogP contribution in [0.15, 0.2) is 36.5 Å². The van der Waals surface area contributed by atoms with Crippen molar-refractivity contribution in [2.45, 2.75) is 199 Å². The molecule has 0 aliphatic rings. The predicted octanol–water partition coefficient (Wildman–Crippen LogP) is 11.9. The normalized spacial score (nSPS) is 14.8. The molecule has 3 unspecified atom stereocenters. The van der Waals surface area contributed by atoms with Crippen LogP contribution in [0.4, 0.5) is 0 Å². The maximum atomic E-state index is 12.8. The third kappa shape index (κ3) is 38.8. The molecule has 0 bridgehead atoms. The number of phosphoric ester groups is 1. The average molecular weight is 770 g/mol. The summed E-state index contributed by atoms with van der Waals surface area (Å²) >= 11 is 0. The molecule has 0 aromatic heterocycles. The number of carbonyl (C=O) groups excluding carboxylic acids is 1. The number of unbranched alkanes of at least 4 members (excludes halogenated alkanes) is 22. The van der Waals surface area contributed by atoms with E-state index in [1.807, 2.05) is 27.2 Å². The van der Waals surface area contributed by atoms with Crippen molar-refractivity contribution in [1.29, 1.82) is 0 Å². The van der Waals surface area contributed by atoms with Gasteiger partial charge in [-0.1, -0.05) is 159 Å². The van der Waals surface area contributed by atoms with Crippen LogP contribution in [0.5, 0.6) is 0 Å². The smallest absolute Gasteiger partial charge is 0.387 e. The molecule has 0 spiro atoms. The highest BCUT2D eigenvalue weighted by Crippen LogP contribution is 2.43. The molecule has 0 heterocycles. The van der Waals surface area contributed by atoms with Crippen LogP contribution in [0.3, 0.4) is 0 Å². The summed E-state index contributed by atoms with van der Waals surface area (Å²) in [6, 6.07) is -0.865. The Hall–Kier alpha value is -1.28. The van der Waals surface area contributed by atoms with Crippen molar-refractivity contribution in [2.75, 3.05) is 40.9 Å². The highest BCUT2D eigenvalue weighted by molar-refractivity contribution is 7.47. The van der Waals surface area contributed by atoms with Gasteiger partial charge in [0.05, 0.1) is 39.9 Å². The Bertz CT molecular complexity index is 964. The number of amides is 1. The van der Waals surface area contributed by atoms with E-state index in [-0.39, 0.29) is 19.1 Å². The average Bonchev–Trinajstić information content (AvgIpc) is 3.10. The summed E-state index contributed by atoms with van der Waals surface area (Å²) in [7, 11) is 1.55. The van der Waals surface area contributed by atoms with Gasteiger partial charge in [-0.25, -0.2) is 4.57 Å². The number of allylic oxidation sites excluding steroid dienone is 5. The zero-order valence-electron chi connectivity index (χ0n) is 35.3. The Labute approximate surface area is 327 Å². The third-order valence-corrected chi connectivity index (χ3v) is 10.6. The first-order valence-corrected chi connectivity index (χ1v) is 23.4. The Balaban J connectivity index is 4.50. The van der Waals surface area contributed by atoms with Gasteiger partial charge in [0.15, 0.2) is 0 Å². The van der Waals surface area contributed by atoms with Crippen LogP contribution in [-0.2, 0) is 18.4 Å². The molecule has 3 atom stereocenters. The van der Waals surface area contributed by atoms with Gasteiger partial charge < -0.3 is 19.8 Å². The minimum atomic E-state index is -4.34. The monoisotopic (exact) mass is 770 g/mol. The van der Waals surface area contributed by atoms with Crippen LogP contribution in [0.2, 0.25) is 0 Å². The van der Waals surface area contributed by atoms with Crippen molar-refractivity contribution in [1.82, 2.24) is 5.32 Å². The number of hydrogen-bond acceptors (Lipinski definition) is 5. The molecule has 0 fully saturated rings. The number of carbonyl (C=O) groups is 1. The van der Waals surface area contributed by atoms with Crippen LogP contribution in [0.25, 0.3) is 0 Å². The van der Waals surface area contributed by atoms with Gasteiger partial charge in [-0.3, -0.25) is 13.8 Å². The lowest BCUT2D eigenvalue weighted by molar-refractivity contribution is -0.870. The van der Waals surface area contributed by atoms with Crippen LogP contribution in [0.1, 0.15) is 187 Å². The van der Waals surface area contributed by atoms with Crippen LogP contribution in [-0.4, -0.2) is 73.4 Å². The fourth-order valence-electron chi connectivity index (χ4n) is 6.05. The lowest BCUT2D eigenvalue weighted by Crippen LogP contribution is -2.45. The van der Waals surface area contributed by atoms with Gasteiger partial charge in [-0.2, -0.15) is 0 Å². The molecule has 0 radical (unpaired) electrons. The number of hydrogen-bond donors (Lipinski definition) is 3. The number of quaternary nitrogens is 1. The zero-order chi connectivity index (χ0) is 39.3. The maximum absolute atomic E-state index is 12.8. The minimum absolute atomic E-state index is 0.0545. The lowest BCUT2D eigenvalue weighted by atomic mass is 10.0. The van der Waals surface area contributed by atoms with Crippen molar-refractivity contribution in [3.8, 4) is 0 Å². The third-order valence-electron chi connectivity index (χ3n) is 9.58. The number of aliphatic hydroxyl groups excluding tert-OH is 1. The zero-order valence-corrected chi connectivity index (χ0v) is 36.1. The van der Waals surface area contributed by atoms with E-state index < -0.39 is 20.0 Å². The summed E-state index contributed by atoms with van der Waals surface area (Å²) in [5.74, 6) is -0.198. The van der Waals surface area contributed by atoms with Crippen LogP contribution in [0, 0.1) is 0 Å². The van der Waals surface area contributed by atoms with E-state index in [9.17, 15) is 19.4 Å². The fraction of sp³-hybridized carbons (Fsp3) is 0.841. The topological polar surface area (TPSA) is 105 Å². The molecular weight excluding hydrogens is 683 g/mol. The SMILES string of the molecule is CCCCCC/C=C\CCCCCCCC(=O)NC(COP(=O)(O)OCC[N+](C)(C)C)C(O)/C=C/CC/C=C/CCCCCCCCCCCCCC. The summed E-state index contributed by atoms with van der Waals surface area (Å²) in [4.78, 5) is 23.1. The molecule has 0 aliphatic carbocycles. The summed E-state index contributed by atoms with van der Waals surface area (Å²) in [6.07, 6.45) is 43.6. The van der Waals surface area contributed by atoms with Crippen LogP contribution < -0.4 is 5.32 Å². The molecule has 1 amide bonds. The number of nitrogens with one attached hydrogen (secondary N) is 1. The van der Waals surface area contributed by atoms with Gasteiger partial charge in [0.2, 0.25) is 5.91 Å². The maximum Gasteiger partial charge on any atom is 0.472 e. The number of rotatable bonds is 39. The molecule has 8 nitrogen and oxygen atoms in total. The Kier molecular flexibility index (Phi) is 35.5. The second kappa shape index (κ2) is 36.4. The van der Waals surface area contributed by atoms with Crippen molar-refractivity contribution in [3.05, 3.63) is 36.5 Å². The summed E-state index contributed by atoms with van der Waals surface area (Å²) in [6.45, 7) is 4.76. The molecule has 0 aromatic carbocycles. The first kappa shape index (κ1) is 51.7. The summed E-state index contributed by atoms with van der Waals surface area (Å²) < 4.78 is 23.5. The second-order valence-corrected chi connectivity index (χ2v) is 17.5. The Morgan fingerprint density at radius 1 is 0.623 bits per heavy atom. The molecule has 53 heavy (non-hydrogen) atoms. The molecule has 0 rings (SSSR count). The summed E-state index contributed by atoms with van der Waals surface area (Å²) in [5.41, 5.74) is 0. The molecule has 0 saturated heterocycles. The van der Waals surface area contributed by atoms with E-state index in [0.717, 1.165) is 51.4 Å². The molecular formula is C44H86N2O6P+. The quantitative estimate of drug-likeness (QED) is 0.0249. The van der Waals surface area contributed by atoms with E-state index in [2.05, 4.69) is 43.5 Å². The van der Waals surface area contributed by atoms with Gasteiger partial charge >= 0.3 is 7.82 Å². The second-order valence-electron chi connectivity index (χ2n) is 16.1. The fourth-order valence-corrected chi connectivity index (χ4v) is 6.79. The van der Waals surface area contributed by atoms with E-state index in [0.29, 0.717) is 17.4 Å². The first-order valence-electron chi connectivity index (χ1n) is 21.9. The van der Waals surface area contributed by atoms with Crippen molar-refractivity contribution in [3.63, 3.8) is 0 Å². The number of aliphatic hydroxyl groups is 1. The van der Waals surface area contributed by atoms with Crippen molar-refractivity contribution < 1.29 is 32.9 Å². The van der Waals surface area contributed by atoms with E-state index in [4.69, 9.17) is 9.05 Å². The molecule has 312 valence electrons. The van der Waals surface area contributed by atoms with E-state index in [1.165, 1.54) is 116 Å². The largest absolute Gasteiger partial charge is 0.472 e. The van der Waals surface area contributed by atoms with Gasteiger partial charge in [0.1, 0.15) is 13.2 Å². The highest BCUT2D eigenvalue weighted by Gasteiger charge is 2.27. The van der Waals surface area contributed by atoms with E-state index in [1.54, 1.807) is 6.08 Å². The van der Waals surface area contributed by atoms with Gasteiger partial charge in [-0.05, 0) is 57.8 Å². The Morgan fingerprint density at radius 3 is 1.53 bits per heavy atom. The highest BCUT2D eigenvalue weighted by atomic mass is 31.2. The standard InChI is InChI=1S/C44H85N2O6P/c1-6-8-10-12-14-16-18-20-21-22-23-24-26-27-29-31-33-35-37-43(47)42(41-52-53(49,50)51-40-39-46(3,4)5)45-44(48)38-36-34-32-30-28-25-19-17-15-13-11-9-7-2/h17,19,27,29,35,37,42-43,47H,6-16,18,20-26,28,30-34,36,38-41H2,1-5H3,(H-,45,48,49,50)/p+1/b19-17-,29-27+,37-35+. The first-order chi connectivity index (χ1) is 25.5. The van der Waals surface area contributed by atoms with Gasteiger partial charge in [0.25, 0.3) is 0 Å². The number of nitrogens with zero attached hydrogens (tertiary/aromatic N) is 1. The van der Waals surface area contributed by atoms with Crippen molar-refractivity contribution >= 4 is 13.7 Å². The van der Waals surface area contributed by atoms with Gasteiger partial charge in [-0.15, -0.1) is 0 Å². The summed E-state index contributed by atoms with van der Waals surface area (Å²) in [5, 5.41) is 13.8. The minimum Gasteiger partial charge on any atom is -0.387 e. The number of phosphoric acid groups is 1. The molecule has 9 heteroatoms. The molecule has 0 aromatic rings. The van der Waals surface area contributed by atoms with Crippen molar-refractivity contribution in [2.24, 2.45) is 0 Å². The predicted molar refractivity (Wildman–Crippen MR) is 226 cm³/mol. The Morgan fingerprint density at radius 2 is 1.04 bits per heavy atom.